The minimum atomic E-state index is 0.0193. The highest BCUT2D eigenvalue weighted by atomic mass is 16.5. The molecule has 112 valence electrons. The van der Waals surface area contributed by atoms with E-state index in [1.807, 2.05) is 37.8 Å². The Hall–Kier alpha value is -2.01. The highest BCUT2D eigenvalue weighted by molar-refractivity contribution is 5.44. The van der Waals surface area contributed by atoms with E-state index in [2.05, 4.69) is 21.8 Å². The molecule has 2 atom stereocenters. The Kier molecular flexibility index (Phi) is 3.84. The molecule has 1 N–H and O–H groups in total. The molecule has 0 spiro atoms. The normalized spacial score (nSPS) is 20.7. The lowest BCUT2D eigenvalue weighted by atomic mass is 9.95. The first-order valence-corrected chi connectivity index (χ1v) is 7.28. The zero-order valence-corrected chi connectivity index (χ0v) is 12.7. The van der Waals surface area contributed by atoms with E-state index in [4.69, 9.17) is 9.47 Å². The van der Waals surface area contributed by atoms with Crippen molar-refractivity contribution >= 4 is 0 Å². The Labute approximate surface area is 124 Å². The fourth-order valence-corrected chi connectivity index (χ4v) is 2.89. The number of aromatic nitrogens is 2. The molecule has 0 bridgehead atoms. The largest absolute Gasteiger partial charge is 0.497 e. The monoisotopic (exact) mass is 287 g/mol. The summed E-state index contributed by atoms with van der Waals surface area (Å²) in [6.45, 7) is 3.01. The standard InChI is InChI=1S/C16H21N3O2/c1-4-19-10-18-9-14(19)16-8-13(17-2)12-7-11(20-3)5-6-15(12)21-16/h5-7,9-10,13,16-17H,4,8H2,1-3H3. The van der Waals surface area contributed by atoms with E-state index >= 15 is 0 Å². The highest BCUT2D eigenvalue weighted by Crippen LogP contribution is 2.42. The molecule has 2 heterocycles. The number of rotatable bonds is 4. The summed E-state index contributed by atoms with van der Waals surface area (Å²) in [5, 5.41) is 3.38. The van der Waals surface area contributed by atoms with E-state index in [1.165, 1.54) is 0 Å². The maximum Gasteiger partial charge on any atom is 0.142 e. The fourth-order valence-electron chi connectivity index (χ4n) is 2.89. The van der Waals surface area contributed by atoms with Crippen LogP contribution in [-0.2, 0) is 6.54 Å². The predicted molar refractivity (Wildman–Crippen MR) is 80.7 cm³/mol. The minimum Gasteiger partial charge on any atom is -0.497 e. The molecular formula is C16H21N3O2. The Morgan fingerprint density at radius 2 is 2.33 bits per heavy atom. The van der Waals surface area contributed by atoms with Crippen LogP contribution in [0.3, 0.4) is 0 Å². The number of methoxy groups -OCH3 is 1. The second kappa shape index (κ2) is 5.77. The van der Waals surface area contributed by atoms with Gasteiger partial charge in [0.05, 0.1) is 25.3 Å². The third-order valence-corrected chi connectivity index (χ3v) is 4.07. The van der Waals surface area contributed by atoms with Crippen LogP contribution in [0, 0.1) is 0 Å². The van der Waals surface area contributed by atoms with Crippen LogP contribution < -0.4 is 14.8 Å². The summed E-state index contributed by atoms with van der Waals surface area (Å²) in [6.07, 6.45) is 4.65. The molecule has 21 heavy (non-hydrogen) atoms. The van der Waals surface area contributed by atoms with Crippen LogP contribution >= 0.6 is 0 Å². The maximum atomic E-state index is 6.19. The quantitative estimate of drug-likeness (QED) is 0.939. The SMILES string of the molecule is CCn1cncc1C1CC(NC)c2cc(OC)ccc2O1. The van der Waals surface area contributed by atoms with E-state index in [9.17, 15) is 0 Å². The topological polar surface area (TPSA) is 48.3 Å². The number of benzene rings is 1. The second-order valence-corrected chi connectivity index (χ2v) is 5.19. The molecular weight excluding hydrogens is 266 g/mol. The smallest absolute Gasteiger partial charge is 0.142 e. The first-order valence-electron chi connectivity index (χ1n) is 7.28. The Balaban J connectivity index is 1.95. The van der Waals surface area contributed by atoms with Crippen LogP contribution in [0.2, 0.25) is 0 Å². The van der Waals surface area contributed by atoms with Gasteiger partial charge < -0.3 is 19.4 Å². The Morgan fingerprint density at radius 3 is 3.05 bits per heavy atom. The number of imidazole rings is 1. The van der Waals surface area contributed by atoms with Crippen LogP contribution in [0.25, 0.3) is 0 Å². The van der Waals surface area contributed by atoms with Crippen LogP contribution in [0.1, 0.15) is 36.7 Å². The van der Waals surface area contributed by atoms with Gasteiger partial charge in [0.2, 0.25) is 0 Å². The number of fused-ring (bicyclic) bond motifs is 1. The molecule has 1 aromatic heterocycles. The highest BCUT2D eigenvalue weighted by Gasteiger charge is 2.30. The van der Waals surface area contributed by atoms with Crippen LogP contribution in [-0.4, -0.2) is 23.7 Å². The minimum absolute atomic E-state index is 0.0193. The van der Waals surface area contributed by atoms with Crippen molar-refractivity contribution in [3.8, 4) is 11.5 Å². The third kappa shape index (κ3) is 2.49. The third-order valence-electron chi connectivity index (χ3n) is 4.07. The molecule has 1 aromatic carbocycles. The van der Waals surface area contributed by atoms with Crippen molar-refractivity contribution in [3.05, 3.63) is 42.0 Å². The molecule has 2 aromatic rings. The number of nitrogens with one attached hydrogen (secondary N) is 1. The summed E-state index contributed by atoms with van der Waals surface area (Å²) in [4.78, 5) is 4.24. The maximum absolute atomic E-state index is 6.19. The van der Waals surface area contributed by atoms with Crippen molar-refractivity contribution < 1.29 is 9.47 Å². The number of hydrogen-bond acceptors (Lipinski definition) is 4. The van der Waals surface area contributed by atoms with Gasteiger partial charge in [-0.25, -0.2) is 4.98 Å². The molecule has 1 aliphatic rings. The molecule has 0 radical (unpaired) electrons. The van der Waals surface area contributed by atoms with Crippen LogP contribution in [0.4, 0.5) is 0 Å². The molecule has 0 saturated carbocycles. The Bertz CT molecular complexity index is 624. The van der Waals surface area contributed by atoms with E-state index in [-0.39, 0.29) is 12.1 Å². The van der Waals surface area contributed by atoms with E-state index in [0.717, 1.165) is 35.7 Å². The van der Waals surface area contributed by atoms with Crippen molar-refractivity contribution in [2.24, 2.45) is 0 Å². The lowest BCUT2D eigenvalue weighted by Gasteiger charge is -2.32. The van der Waals surface area contributed by atoms with Crippen molar-refractivity contribution in [1.82, 2.24) is 14.9 Å². The number of ether oxygens (including phenoxy) is 2. The summed E-state index contributed by atoms with van der Waals surface area (Å²) in [7, 11) is 3.66. The number of aryl methyl sites for hydroxylation is 1. The van der Waals surface area contributed by atoms with Gasteiger partial charge in [-0.3, -0.25) is 0 Å². The number of nitrogens with zero attached hydrogens (tertiary/aromatic N) is 2. The molecule has 2 unspecified atom stereocenters. The molecule has 0 aliphatic carbocycles. The van der Waals surface area contributed by atoms with Gasteiger partial charge in [-0.1, -0.05) is 0 Å². The van der Waals surface area contributed by atoms with Gasteiger partial charge in [0.15, 0.2) is 0 Å². The van der Waals surface area contributed by atoms with Gasteiger partial charge in [-0.2, -0.15) is 0 Å². The van der Waals surface area contributed by atoms with E-state index < -0.39 is 0 Å². The zero-order chi connectivity index (χ0) is 14.8. The van der Waals surface area contributed by atoms with E-state index in [1.54, 1.807) is 7.11 Å². The molecule has 1 aliphatic heterocycles. The lowest BCUT2D eigenvalue weighted by molar-refractivity contribution is 0.145. The fraction of sp³-hybridized carbons (Fsp3) is 0.438. The molecule has 5 nitrogen and oxygen atoms in total. The van der Waals surface area contributed by atoms with Gasteiger partial charge in [-0.15, -0.1) is 0 Å². The lowest BCUT2D eigenvalue weighted by Crippen LogP contribution is -2.27. The molecule has 0 fully saturated rings. The predicted octanol–water partition coefficient (Wildman–Crippen LogP) is 2.70. The summed E-state index contributed by atoms with van der Waals surface area (Å²) in [6, 6.07) is 6.21. The summed E-state index contributed by atoms with van der Waals surface area (Å²) < 4.78 is 13.6. The van der Waals surface area contributed by atoms with Crippen molar-refractivity contribution in [2.45, 2.75) is 32.0 Å². The summed E-state index contributed by atoms with van der Waals surface area (Å²) >= 11 is 0. The van der Waals surface area contributed by atoms with Gasteiger partial charge >= 0.3 is 0 Å². The average Bonchev–Trinajstić information content (AvgIpc) is 3.01. The van der Waals surface area contributed by atoms with Gasteiger partial charge in [0, 0.05) is 24.6 Å². The zero-order valence-electron chi connectivity index (χ0n) is 12.7. The van der Waals surface area contributed by atoms with Gasteiger partial charge in [-0.05, 0) is 32.2 Å². The van der Waals surface area contributed by atoms with E-state index in [0.29, 0.717) is 0 Å². The first-order chi connectivity index (χ1) is 10.3. The van der Waals surface area contributed by atoms with Crippen molar-refractivity contribution in [1.29, 1.82) is 0 Å². The average molecular weight is 287 g/mol. The molecule has 3 rings (SSSR count). The summed E-state index contributed by atoms with van der Waals surface area (Å²) in [5.74, 6) is 1.77. The van der Waals surface area contributed by atoms with Crippen LogP contribution in [0.5, 0.6) is 11.5 Å². The first kappa shape index (κ1) is 13.9. The molecule has 0 amide bonds. The van der Waals surface area contributed by atoms with Crippen LogP contribution in [0.15, 0.2) is 30.7 Å². The van der Waals surface area contributed by atoms with Crippen molar-refractivity contribution in [3.63, 3.8) is 0 Å². The Morgan fingerprint density at radius 1 is 1.48 bits per heavy atom. The molecule has 0 saturated heterocycles. The second-order valence-electron chi connectivity index (χ2n) is 5.19. The van der Waals surface area contributed by atoms with Crippen molar-refractivity contribution in [2.75, 3.05) is 14.2 Å². The van der Waals surface area contributed by atoms with Gasteiger partial charge in [0.1, 0.15) is 17.6 Å². The molecule has 5 heteroatoms. The van der Waals surface area contributed by atoms with Gasteiger partial charge in [0.25, 0.3) is 0 Å². The summed E-state index contributed by atoms with van der Waals surface area (Å²) in [5.41, 5.74) is 2.27. The number of hydrogen-bond donors (Lipinski definition) is 1.